The lowest BCUT2D eigenvalue weighted by Gasteiger charge is -2.33. The van der Waals surface area contributed by atoms with Crippen LogP contribution in [0.4, 0.5) is 0 Å². The second kappa shape index (κ2) is 7.94. The fourth-order valence-corrected chi connectivity index (χ4v) is 3.00. The molecule has 5 heteroatoms. The molecule has 130 valence electrons. The van der Waals surface area contributed by atoms with Crippen LogP contribution in [-0.2, 0) is 22.4 Å². The number of ether oxygens (including phenoxy) is 1. The number of hydrogen-bond acceptors (Lipinski definition) is 3. The van der Waals surface area contributed by atoms with Crippen molar-refractivity contribution in [3.05, 3.63) is 71.3 Å². The summed E-state index contributed by atoms with van der Waals surface area (Å²) in [7, 11) is 0. The highest BCUT2D eigenvalue weighted by Crippen LogP contribution is 2.14. The van der Waals surface area contributed by atoms with Crippen molar-refractivity contribution in [1.82, 2.24) is 4.90 Å². The first kappa shape index (κ1) is 17.2. The van der Waals surface area contributed by atoms with Crippen LogP contribution in [0.25, 0.3) is 0 Å². The van der Waals surface area contributed by atoms with Crippen molar-refractivity contribution in [1.29, 1.82) is 0 Å². The van der Waals surface area contributed by atoms with Crippen molar-refractivity contribution in [2.75, 3.05) is 19.7 Å². The predicted octanol–water partition coefficient (Wildman–Crippen LogP) is 2.40. The third kappa shape index (κ3) is 4.67. The van der Waals surface area contributed by atoms with Gasteiger partial charge in [0.15, 0.2) is 0 Å². The summed E-state index contributed by atoms with van der Waals surface area (Å²) in [4.78, 5) is 25.3. The molecule has 3 rings (SSSR count). The fraction of sp³-hybridized carbons (Fsp3) is 0.300. The smallest absolute Gasteiger partial charge is 0.335 e. The number of carbonyl (C=O) groups excluding carboxylic acids is 1. The summed E-state index contributed by atoms with van der Waals surface area (Å²) >= 11 is 0. The van der Waals surface area contributed by atoms with Crippen molar-refractivity contribution in [2.24, 2.45) is 0 Å². The zero-order valence-electron chi connectivity index (χ0n) is 13.9. The Morgan fingerprint density at radius 3 is 2.44 bits per heavy atom. The molecule has 0 radical (unpaired) electrons. The van der Waals surface area contributed by atoms with Crippen molar-refractivity contribution in [3.63, 3.8) is 0 Å². The van der Waals surface area contributed by atoms with Crippen molar-refractivity contribution in [2.45, 2.75) is 18.9 Å². The Morgan fingerprint density at radius 1 is 1.04 bits per heavy atom. The van der Waals surface area contributed by atoms with E-state index in [1.807, 2.05) is 23.1 Å². The average Bonchev–Trinajstić information content (AvgIpc) is 2.63. The fourth-order valence-electron chi connectivity index (χ4n) is 3.00. The summed E-state index contributed by atoms with van der Waals surface area (Å²) in [6, 6.07) is 16.6. The summed E-state index contributed by atoms with van der Waals surface area (Å²) in [6.07, 6.45) is 1.07. The SMILES string of the molecule is O=C(O)c1ccc(CC(=O)N2CCOC(Cc3ccccc3)C2)cc1. The highest BCUT2D eigenvalue weighted by molar-refractivity contribution is 5.87. The number of nitrogens with zero attached hydrogens (tertiary/aromatic N) is 1. The van der Waals surface area contributed by atoms with Gasteiger partial charge < -0.3 is 14.7 Å². The molecule has 1 atom stereocenters. The van der Waals surface area contributed by atoms with Crippen molar-refractivity contribution >= 4 is 11.9 Å². The lowest BCUT2D eigenvalue weighted by Crippen LogP contribution is -2.46. The molecule has 2 aromatic carbocycles. The molecule has 1 aliphatic heterocycles. The molecule has 0 bridgehead atoms. The zero-order chi connectivity index (χ0) is 17.6. The molecule has 0 saturated carbocycles. The minimum Gasteiger partial charge on any atom is -0.478 e. The number of aromatic carboxylic acids is 1. The van der Waals surface area contributed by atoms with Gasteiger partial charge in [-0.3, -0.25) is 4.79 Å². The van der Waals surface area contributed by atoms with Crippen LogP contribution in [-0.4, -0.2) is 47.7 Å². The molecule has 0 spiro atoms. The van der Waals surface area contributed by atoms with Crippen LogP contribution >= 0.6 is 0 Å². The van der Waals surface area contributed by atoms with E-state index in [-0.39, 0.29) is 24.0 Å². The Kier molecular flexibility index (Phi) is 5.46. The Balaban J connectivity index is 1.57. The Labute approximate surface area is 146 Å². The number of rotatable bonds is 5. The number of carboxylic acid groups (broad SMARTS) is 1. The van der Waals surface area contributed by atoms with Gasteiger partial charge >= 0.3 is 5.97 Å². The maximum Gasteiger partial charge on any atom is 0.335 e. The largest absolute Gasteiger partial charge is 0.478 e. The molecule has 0 aliphatic carbocycles. The summed E-state index contributed by atoms with van der Waals surface area (Å²) in [5.74, 6) is -0.917. The summed E-state index contributed by atoms with van der Waals surface area (Å²) < 4.78 is 5.80. The maximum absolute atomic E-state index is 12.5. The number of amides is 1. The Morgan fingerprint density at radius 2 is 1.76 bits per heavy atom. The van der Waals surface area contributed by atoms with E-state index in [0.717, 1.165) is 12.0 Å². The van der Waals surface area contributed by atoms with Crippen LogP contribution in [0.15, 0.2) is 54.6 Å². The number of hydrogen-bond donors (Lipinski definition) is 1. The van der Waals surface area contributed by atoms with Crippen LogP contribution in [0, 0.1) is 0 Å². The molecule has 1 fully saturated rings. The topological polar surface area (TPSA) is 66.8 Å². The monoisotopic (exact) mass is 339 g/mol. The molecule has 1 amide bonds. The van der Waals surface area contributed by atoms with E-state index < -0.39 is 5.97 Å². The maximum atomic E-state index is 12.5. The first-order valence-corrected chi connectivity index (χ1v) is 8.37. The lowest BCUT2D eigenvalue weighted by molar-refractivity contribution is -0.138. The molecule has 0 aromatic heterocycles. The van der Waals surface area contributed by atoms with Gasteiger partial charge in [-0.2, -0.15) is 0 Å². The van der Waals surface area contributed by atoms with Gasteiger partial charge in [-0.05, 0) is 23.3 Å². The number of morpholine rings is 1. The molecule has 25 heavy (non-hydrogen) atoms. The second-order valence-corrected chi connectivity index (χ2v) is 6.20. The highest BCUT2D eigenvalue weighted by Gasteiger charge is 2.24. The lowest BCUT2D eigenvalue weighted by atomic mass is 10.1. The average molecular weight is 339 g/mol. The minimum atomic E-state index is -0.963. The summed E-state index contributed by atoms with van der Waals surface area (Å²) in [5, 5.41) is 8.92. The van der Waals surface area contributed by atoms with Gasteiger partial charge in [0.05, 0.1) is 24.7 Å². The van der Waals surface area contributed by atoms with Gasteiger partial charge in [-0.1, -0.05) is 42.5 Å². The first-order valence-electron chi connectivity index (χ1n) is 8.37. The van der Waals surface area contributed by atoms with E-state index in [0.29, 0.717) is 19.7 Å². The first-order chi connectivity index (χ1) is 12.1. The van der Waals surface area contributed by atoms with E-state index in [1.54, 1.807) is 12.1 Å². The molecule has 5 nitrogen and oxygen atoms in total. The minimum absolute atomic E-state index is 0.00878. The summed E-state index contributed by atoms with van der Waals surface area (Å²) in [6.45, 7) is 1.72. The molecule has 1 unspecified atom stereocenters. The normalized spacial score (nSPS) is 17.3. The number of carboxylic acids is 1. The second-order valence-electron chi connectivity index (χ2n) is 6.20. The van der Waals surface area contributed by atoms with E-state index in [4.69, 9.17) is 9.84 Å². The van der Waals surface area contributed by atoms with Gasteiger partial charge in [-0.15, -0.1) is 0 Å². The highest BCUT2D eigenvalue weighted by atomic mass is 16.5. The van der Waals surface area contributed by atoms with Gasteiger partial charge in [0.1, 0.15) is 0 Å². The quantitative estimate of drug-likeness (QED) is 0.908. The van der Waals surface area contributed by atoms with Crippen LogP contribution in [0.1, 0.15) is 21.5 Å². The van der Waals surface area contributed by atoms with Crippen molar-refractivity contribution < 1.29 is 19.4 Å². The molecule has 2 aromatic rings. The number of carbonyl (C=O) groups is 2. The molecular formula is C20H21NO4. The summed E-state index contributed by atoms with van der Waals surface area (Å²) in [5.41, 5.74) is 2.25. The van der Waals surface area contributed by atoms with E-state index in [2.05, 4.69) is 12.1 Å². The molecule has 1 heterocycles. The molecular weight excluding hydrogens is 318 g/mol. The predicted molar refractivity (Wildman–Crippen MR) is 93.6 cm³/mol. The van der Waals surface area contributed by atoms with E-state index >= 15 is 0 Å². The van der Waals surface area contributed by atoms with Crippen LogP contribution in [0.3, 0.4) is 0 Å². The zero-order valence-corrected chi connectivity index (χ0v) is 13.9. The molecule has 1 aliphatic rings. The van der Waals surface area contributed by atoms with Crippen LogP contribution in [0.5, 0.6) is 0 Å². The molecule has 1 N–H and O–H groups in total. The van der Waals surface area contributed by atoms with Crippen molar-refractivity contribution in [3.8, 4) is 0 Å². The third-order valence-corrected chi connectivity index (χ3v) is 4.35. The van der Waals surface area contributed by atoms with Gasteiger partial charge in [0.25, 0.3) is 0 Å². The Bertz CT molecular complexity index is 727. The van der Waals surface area contributed by atoms with Crippen LogP contribution in [0.2, 0.25) is 0 Å². The number of benzene rings is 2. The standard InChI is InChI=1S/C20H21NO4/c22-19(13-16-6-8-17(9-7-16)20(23)24)21-10-11-25-18(14-21)12-15-4-2-1-3-5-15/h1-9,18H,10-14H2,(H,23,24). The molecule has 1 saturated heterocycles. The Hall–Kier alpha value is -2.66. The van der Waals surface area contributed by atoms with Gasteiger partial charge in [-0.25, -0.2) is 4.79 Å². The van der Waals surface area contributed by atoms with E-state index in [9.17, 15) is 9.59 Å². The third-order valence-electron chi connectivity index (χ3n) is 4.35. The van der Waals surface area contributed by atoms with Crippen LogP contribution < -0.4 is 0 Å². The van der Waals surface area contributed by atoms with Gasteiger partial charge in [0.2, 0.25) is 5.91 Å². The van der Waals surface area contributed by atoms with Gasteiger partial charge in [0, 0.05) is 19.5 Å². The van der Waals surface area contributed by atoms with E-state index in [1.165, 1.54) is 17.7 Å².